The number of nitrogens with zero attached hydrogens (tertiary/aromatic N) is 2. The third kappa shape index (κ3) is 3.06. The number of aromatic nitrogens is 2. The van der Waals surface area contributed by atoms with Crippen LogP contribution in [-0.2, 0) is 16.1 Å². The number of hydrogen-bond donors (Lipinski definition) is 1. The van der Waals surface area contributed by atoms with Crippen molar-refractivity contribution >= 4 is 28.0 Å². The van der Waals surface area contributed by atoms with Gasteiger partial charge in [-0.05, 0) is 18.6 Å². The number of fused-ring (bicyclic) bond motifs is 3. The smallest absolute Gasteiger partial charge is 0.297 e. The minimum absolute atomic E-state index is 0.0946. The molecule has 0 aliphatic carbocycles. The van der Waals surface area contributed by atoms with Crippen LogP contribution in [0.4, 0.5) is 0 Å². The van der Waals surface area contributed by atoms with Gasteiger partial charge in [0.1, 0.15) is 17.6 Å². The number of furan rings is 1. The molecule has 7 heteroatoms. The molecule has 1 amide bonds. The molecule has 1 N–H and O–H groups in total. The van der Waals surface area contributed by atoms with E-state index in [4.69, 9.17) is 9.15 Å². The molecule has 4 rings (SSSR count). The van der Waals surface area contributed by atoms with Gasteiger partial charge in [0, 0.05) is 11.9 Å². The highest BCUT2D eigenvalue weighted by atomic mass is 16.5. The van der Waals surface area contributed by atoms with Crippen LogP contribution in [-0.4, -0.2) is 35.2 Å². The number of amides is 1. The average Bonchev–Trinajstić information content (AvgIpc) is 3.03. The number of para-hydroxylation sites is 1. The predicted octanol–water partition coefficient (Wildman–Crippen LogP) is 1.61. The lowest BCUT2D eigenvalue weighted by atomic mass is 10.1. The fraction of sp³-hybridized carbons (Fsp3) is 0.278. The zero-order valence-corrected chi connectivity index (χ0v) is 13.5. The lowest BCUT2D eigenvalue weighted by Crippen LogP contribution is -2.33. The number of nitrogens with one attached hydrogen (secondary N) is 1. The Kier molecular flexibility index (Phi) is 4.07. The van der Waals surface area contributed by atoms with Gasteiger partial charge in [0.25, 0.3) is 5.56 Å². The molecule has 128 valence electrons. The third-order valence-corrected chi connectivity index (χ3v) is 4.23. The molecule has 0 spiro atoms. The predicted molar refractivity (Wildman–Crippen MR) is 92.3 cm³/mol. The van der Waals surface area contributed by atoms with Crippen LogP contribution in [0.15, 0.2) is 51.5 Å². The molecular formula is C18H17N3O4. The van der Waals surface area contributed by atoms with Crippen molar-refractivity contribution < 1.29 is 13.9 Å². The van der Waals surface area contributed by atoms with Crippen molar-refractivity contribution in [2.45, 2.75) is 13.0 Å². The monoisotopic (exact) mass is 339 g/mol. The number of carbonyl (C=O) groups excluding carboxylic acids is 1. The van der Waals surface area contributed by atoms with Crippen LogP contribution < -0.4 is 10.9 Å². The number of carbonyl (C=O) groups is 1. The molecule has 0 fully saturated rings. The number of benzene rings is 1. The molecule has 1 aliphatic rings. The summed E-state index contributed by atoms with van der Waals surface area (Å²) < 4.78 is 12.1. The highest BCUT2D eigenvalue weighted by Gasteiger charge is 2.14. The third-order valence-electron chi connectivity index (χ3n) is 4.23. The summed E-state index contributed by atoms with van der Waals surface area (Å²) in [5.41, 5.74) is 2.07. The van der Waals surface area contributed by atoms with Crippen LogP contribution in [0.2, 0.25) is 0 Å². The Balaban J connectivity index is 1.54. The first-order valence-corrected chi connectivity index (χ1v) is 8.11. The van der Waals surface area contributed by atoms with Gasteiger partial charge in [-0.15, -0.1) is 0 Å². The quantitative estimate of drug-likeness (QED) is 0.730. The van der Waals surface area contributed by atoms with Crippen LogP contribution in [0, 0.1) is 0 Å². The molecular weight excluding hydrogens is 322 g/mol. The Morgan fingerprint density at radius 1 is 1.32 bits per heavy atom. The summed E-state index contributed by atoms with van der Waals surface area (Å²) in [5, 5.41) is 3.61. The van der Waals surface area contributed by atoms with E-state index in [9.17, 15) is 9.59 Å². The Labute approximate surface area is 142 Å². The largest absolute Gasteiger partial charge is 0.448 e. The van der Waals surface area contributed by atoms with Crippen molar-refractivity contribution in [3.8, 4) is 0 Å². The molecule has 25 heavy (non-hydrogen) atoms. The Morgan fingerprint density at radius 3 is 3.04 bits per heavy atom. The van der Waals surface area contributed by atoms with Gasteiger partial charge in [-0.3, -0.25) is 14.2 Å². The highest BCUT2D eigenvalue weighted by molar-refractivity contribution is 6.01. The van der Waals surface area contributed by atoms with Crippen molar-refractivity contribution in [3.63, 3.8) is 0 Å². The first kappa shape index (κ1) is 15.6. The van der Waals surface area contributed by atoms with E-state index in [-0.39, 0.29) is 23.6 Å². The second-order valence-electron chi connectivity index (χ2n) is 5.92. The van der Waals surface area contributed by atoms with Crippen LogP contribution in [0.3, 0.4) is 0 Å². The molecule has 0 unspecified atom stereocenters. The first-order valence-electron chi connectivity index (χ1n) is 8.11. The van der Waals surface area contributed by atoms with Crippen molar-refractivity contribution in [2.75, 3.05) is 19.8 Å². The first-order chi connectivity index (χ1) is 12.2. The van der Waals surface area contributed by atoms with E-state index in [1.165, 1.54) is 10.9 Å². The molecule has 0 bridgehead atoms. The van der Waals surface area contributed by atoms with Crippen molar-refractivity contribution in [3.05, 3.63) is 52.6 Å². The van der Waals surface area contributed by atoms with Crippen molar-refractivity contribution in [2.24, 2.45) is 0 Å². The summed E-state index contributed by atoms with van der Waals surface area (Å²) in [6.07, 6.45) is 4.17. The Bertz CT molecular complexity index is 1030. The second kappa shape index (κ2) is 6.52. The van der Waals surface area contributed by atoms with Crippen molar-refractivity contribution in [1.82, 2.24) is 14.9 Å². The second-order valence-corrected chi connectivity index (χ2v) is 5.92. The van der Waals surface area contributed by atoms with Gasteiger partial charge >= 0.3 is 0 Å². The number of rotatable bonds is 4. The van der Waals surface area contributed by atoms with Gasteiger partial charge in [0.2, 0.25) is 11.5 Å². The number of hydrogen-bond acceptors (Lipinski definition) is 5. The lowest BCUT2D eigenvalue weighted by Gasteiger charge is -2.14. The molecule has 3 heterocycles. The van der Waals surface area contributed by atoms with Gasteiger partial charge in [-0.1, -0.05) is 23.8 Å². The van der Waals surface area contributed by atoms with Gasteiger partial charge in [-0.25, -0.2) is 4.98 Å². The maximum absolute atomic E-state index is 12.6. The fourth-order valence-electron chi connectivity index (χ4n) is 2.88. The molecule has 0 radical (unpaired) electrons. The number of ether oxygens (including phenoxy) is 1. The van der Waals surface area contributed by atoms with Gasteiger partial charge in [-0.2, -0.15) is 0 Å². The Hall–Kier alpha value is -2.93. The summed E-state index contributed by atoms with van der Waals surface area (Å²) in [4.78, 5) is 29.0. The summed E-state index contributed by atoms with van der Waals surface area (Å²) in [6, 6.07) is 7.34. The zero-order valence-electron chi connectivity index (χ0n) is 13.5. The SMILES string of the molecule is O=C(Cn1cnc2c(oc3ccccc32)c1=O)NCC1=CCOCC1. The zero-order chi connectivity index (χ0) is 17.2. The minimum Gasteiger partial charge on any atom is -0.448 e. The normalized spacial score (nSPS) is 14.6. The lowest BCUT2D eigenvalue weighted by molar-refractivity contribution is -0.121. The molecule has 0 saturated carbocycles. The molecule has 1 aliphatic heterocycles. The van der Waals surface area contributed by atoms with Crippen LogP contribution in [0.5, 0.6) is 0 Å². The summed E-state index contributed by atoms with van der Waals surface area (Å²) >= 11 is 0. The van der Waals surface area contributed by atoms with E-state index in [1.54, 1.807) is 6.07 Å². The molecule has 3 aromatic rings. The topological polar surface area (TPSA) is 86.4 Å². The van der Waals surface area contributed by atoms with E-state index in [1.807, 2.05) is 24.3 Å². The standard InChI is InChI=1S/C18H17N3O4/c22-15(19-9-12-5-7-24-8-6-12)10-21-11-20-16-13-3-1-2-4-14(13)25-17(16)18(21)23/h1-5,11H,6-10H2,(H,19,22). The van der Waals surface area contributed by atoms with Crippen molar-refractivity contribution in [1.29, 1.82) is 0 Å². The van der Waals surface area contributed by atoms with E-state index in [2.05, 4.69) is 10.3 Å². The van der Waals surface area contributed by atoms with Gasteiger partial charge in [0.05, 0.1) is 19.5 Å². The van der Waals surface area contributed by atoms with E-state index >= 15 is 0 Å². The minimum atomic E-state index is -0.360. The average molecular weight is 339 g/mol. The molecule has 2 aromatic heterocycles. The molecule has 0 atom stereocenters. The van der Waals surface area contributed by atoms with Gasteiger partial charge in [0.15, 0.2) is 0 Å². The van der Waals surface area contributed by atoms with E-state index in [0.29, 0.717) is 30.9 Å². The van der Waals surface area contributed by atoms with Gasteiger partial charge < -0.3 is 14.5 Å². The van der Waals surface area contributed by atoms with Crippen LogP contribution in [0.25, 0.3) is 22.1 Å². The maximum Gasteiger partial charge on any atom is 0.297 e. The molecule has 0 saturated heterocycles. The molecule has 7 nitrogen and oxygen atoms in total. The van der Waals surface area contributed by atoms with Crippen LogP contribution in [0.1, 0.15) is 6.42 Å². The summed E-state index contributed by atoms with van der Waals surface area (Å²) in [6.45, 7) is 1.63. The molecule has 1 aromatic carbocycles. The van der Waals surface area contributed by atoms with E-state index < -0.39 is 0 Å². The summed E-state index contributed by atoms with van der Waals surface area (Å²) in [7, 11) is 0. The van der Waals surface area contributed by atoms with Crippen LogP contribution >= 0.6 is 0 Å². The fourth-order valence-corrected chi connectivity index (χ4v) is 2.88. The maximum atomic E-state index is 12.6. The highest BCUT2D eigenvalue weighted by Crippen LogP contribution is 2.23. The Morgan fingerprint density at radius 2 is 2.20 bits per heavy atom. The van der Waals surface area contributed by atoms with E-state index in [0.717, 1.165) is 17.4 Å². The summed E-state index contributed by atoms with van der Waals surface area (Å²) in [5.74, 6) is -0.244.